The van der Waals surface area contributed by atoms with E-state index in [1.807, 2.05) is 0 Å². The highest BCUT2D eigenvalue weighted by molar-refractivity contribution is 5.84. The van der Waals surface area contributed by atoms with Gasteiger partial charge in [0.15, 0.2) is 0 Å². The lowest BCUT2D eigenvalue weighted by Crippen LogP contribution is -2.67. The monoisotopic (exact) mass is 685 g/mol. The highest BCUT2D eigenvalue weighted by atomic mass is 16.5. The number of carboxylic acid groups (broad SMARTS) is 1. The average molecular weight is 686 g/mol. The predicted molar refractivity (Wildman–Crippen MR) is 196 cm³/mol. The summed E-state index contributed by atoms with van der Waals surface area (Å²) in [5.74, 6) is 1.28. The Morgan fingerprint density at radius 2 is 1.52 bits per heavy atom. The first kappa shape index (κ1) is 35.8. The number of nitrogens with zero attached hydrogens (tertiary/aromatic N) is 1. The number of ether oxygens (including phenoxy) is 1. The number of carbonyl (C=O) groups is 3. The minimum absolute atomic E-state index is 0.113. The number of amides is 1. The number of carboxylic acids is 1. The first-order valence-corrected chi connectivity index (χ1v) is 19.8. The van der Waals surface area contributed by atoms with Gasteiger partial charge in [-0.2, -0.15) is 0 Å². The smallest absolute Gasteiger partial charge is 0.309 e. The molecule has 5 aliphatic carbocycles. The molecule has 0 spiro atoms. The molecule has 0 saturated heterocycles. The predicted octanol–water partition coefficient (Wildman–Crippen LogP) is 9.60. The minimum atomic E-state index is -1.14. The Hall–Kier alpha value is -2.63. The Balaban J connectivity index is 1.16. The van der Waals surface area contributed by atoms with Gasteiger partial charge in [0.1, 0.15) is 6.10 Å². The van der Waals surface area contributed by atoms with Crippen LogP contribution in [0.5, 0.6) is 0 Å². The third-order valence-electron chi connectivity index (χ3n) is 17.0. The second-order valence-corrected chi connectivity index (χ2v) is 20.0. The number of fused-ring (bicyclic) bond motifs is 8. The van der Waals surface area contributed by atoms with Crippen molar-refractivity contribution in [2.24, 2.45) is 62.1 Å². The number of benzene rings is 1. The molecule has 50 heavy (non-hydrogen) atoms. The van der Waals surface area contributed by atoms with E-state index < -0.39 is 17.4 Å². The number of allylic oxidation sites excluding steroid dienone is 1. The standard InChI is InChI=1S/C44H63NO5/c1-27(2)30-16-21-44(37(47)45-25-28-12-10-11-13-29(28)26-45)23-22-42(8)31(36(30)44)14-15-33-41(7)19-18-34(50-35(46)24-39(3,4)38(48)49)40(5,6)32(41)17-20-43(33,42)9/h10-13,30-34,36H,1,14-26H2,2-9H3,(H,48,49)/t30-,31+,32-,33+,34-,36+,41-,42+,43+,44-/m0/s1. The summed E-state index contributed by atoms with van der Waals surface area (Å²) in [7, 11) is 0. The van der Waals surface area contributed by atoms with Crippen molar-refractivity contribution >= 4 is 17.8 Å². The van der Waals surface area contributed by atoms with Crippen molar-refractivity contribution in [3.63, 3.8) is 0 Å². The summed E-state index contributed by atoms with van der Waals surface area (Å²) in [6, 6.07) is 8.59. The summed E-state index contributed by atoms with van der Waals surface area (Å²) >= 11 is 0. The third kappa shape index (κ3) is 4.95. The van der Waals surface area contributed by atoms with Crippen molar-refractivity contribution in [2.75, 3.05) is 0 Å². The van der Waals surface area contributed by atoms with Gasteiger partial charge in [-0.25, -0.2) is 0 Å². The van der Waals surface area contributed by atoms with Gasteiger partial charge in [0.05, 0.1) is 17.3 Å². The second kappa shape index (κ2) is 11.7. The number of hydrogen-bond donors (Lipinski definition) is 1. The molecule has 1 N–H and O–H groups in total. The number of hydrogen-bond acceptors (Lipinski definition) is 4. The molecular weight excluding hydrogens is 622 g/mol. The summed E-state index contributed by atoms with van der Waals surface area (Å²) < 4.78 is 6.18. The SMILES string of the molecule is C=C(C)[C@@H]1CC[C@]2(C(=O)N3Cc4ccccc4C3)CC[C@]3(C)[C@H](CC[C@@H]4[C@@]5(C)CC[C@H](OC(=O)CC(C)(C)C(=O)O)C(C)(C)[C@@H]5CC[C@]43C)[C@@H]12. The van der Waals surface area contributed by atoms with Crippen LogP contribution >= 0.6 is 0 Å². The maximum atomic E-state index is 14.9. The van der Waals surface area contributed by atoms with Gasteiger partial charge in [0.25, 0.3) is 0 Å². The Morgan fingerprint density at radius 1 is 0.860 bits per heavy atom. The summed E-state index contributed by atoms with van der Waals surface area (Å²) in [5.41, 5.74) is 2.66. The van der Waals surface area contributed by atoms with E-state index in [0.717, 1.165) is 64.5 Å². The van der Waals surface area contributed by atoms with E-state index in [9.17, 15) is 19.5 Å². The first-order valence-electron chi connectivity index (χ1n) is 19.8. The number of esters is 1. The number of aliphatic carboxylic acids is 1. The fourth-order valence-corrected chi connectivity index (χ4v) is 14.1. The first-order chi connectivity index (χ1) is 23.3. The van der Waals surface area contributed by atoms with Crippen LogP contribution in [0.1, 0.15) is 137 Å². The molecule has 1 aromatic rings. The molecule has 0 radical (unpaired) electrons. The molecule has 7 rings (SSSR count). The van der Waals surface area contributed by atoms with Gasteiger partial charge in [0, 0.05) is 18.5 Å². The Morgan fingerprint density at radius 3 is 2.14 bits per heavy atom. The fraction of sp³-hybridized carbons (Fsp3) is 0.750. The van der Waals surface area contributed by atoms with E-state index in [1.54, 1.807) is 13.8 Å². The fourth-order valence-electron chi connectivity index (χ4n) is 14.1. The summed E-state index contributed by atoms with van der Waals surface area (Å²) in [5, 5.41) is 9.61. The summed E-state index contributed by atoms with van der Waals surface area (Å²) in [6.07, 6.45) is 10.3. The van der Waals surface area contributed by atoms with Crippen molar-refractivity contribution in [3.8, 4) is 0 Å². The molecule has 1 amide bonds. The number of carbonyl (C=O) groups excluding carboxylic acids is 2. The lowest BCUT2D eigenvalue weighted by molar-refractivity contribution is -0.250. The van der Waals surface area contributed by atoms with Crippen LogP contribution in [0.3, 0.4) is 0 Å². The van der Waals surface area contributed by atoms with E-state index in [4.69, 9.17) is 4.74 Å². The average Bonchev–Trinajstić information content (AvgIpc) is 3.65. The van der Waals surface area contributed by atoms with Crippen molar-refractivity contribution in [2.45, 2.75) is 145 Å². The molecule has 10 atom stereocenters. The highest BCUT2D eigenvalue weighted by Gasteiger charge is 2.72. The molecule has 1 aromatic carbocycles. The van der Waals surface area contributed by atoms with Gasteiger partial charge >= 0.3 is 11.9 Å². The van der Waals surface area contributed by atoms with E-state index in [1.165, 1.54) is 29.5 Å². The lowest BCUT2D eigenvalue weighted by Gasteiger charge is -2.73. The normalized spacial score (nSPS) is 41.6. The molecule has 1 aliphatic heterocycles. The topological polar surface area (TPSA) is 83.9 Å². The van der Waals surface area contributed by atoms with Gasteiger partial charge in [-0.1, -0.05) is 71.0 Å². The number of rotatable bonds is 6. The third-order valence-corrected chi connectivity index (χ3v) is 17.0. The Kier molecular flexibility index (Phi) is 8.36. The van der Waals surface area contributed by atoms with E-state index >= 15 is 0 Å². The lowest BCUT2D eigenvalue weighted by atomic mass is 9.32. The Labute approximate surface area is 301 Å². The molecule has 274 valence electrons. The van der Waals surface area contributed by atoms with Gasteiger partial charge in [-0.05, 0) is 142 Å². The van der Waals surface area contributed by atoms with Gasteiger partial charge in [0.2, 0.25) is 5.91 Å². The zero-order valence-corrected chi connectivity index (χ0v) is 32.2. The van der Waals surface area contributed by atoms with Crippen molar-refractivity contribution in [1.29, 1.82) is 0 Å². The minimum Gasteiger partial charge on any atom is -0.481 e. The van der Waals surface area contributed by atoms with E-state index in [0.29, 0.717) is 35.5 Å². The quantitative estimate of drug-likeness (QED) is 0.238. The van der Waals surface area contributed by atoms with Gasteiger partial charge in [-0.3, -0.25) is 14.4 Å². The van der Waals surface area contributed by atoms with Crippen molar-refractivity contribution < 1.29 is 24.2 Å². The zero-order chi connectivity index (χ0) is 36.2. The molecule has 6 heteroatoms. The Bertz CT molecular complexity index is 1570. The van der Waals surface area contributed by atoms with Crippen LogP contribution in [0.15, 0.2) is 36.4 Å². The van der Waals surface area contributed by atoms with Crippen LogP contribution in [0.25, 0.3) is 0 Å². The molecule has 6 aliphatic rings. The van der Waals surface area contributed by atoms with E-state index in [2.05, 4.69) is 77.3 Å². The molecule has 1 heterocycles. The van der Waals surface area contributed by atoms with Crippen LogP contribution in [-0.4, -0.2) is 34.0 Å². The van der Waals surface area contributed by atoms with Crippen molar-refractivity contribution in [3.05, 3.63) is 47.5 Å². The summed E-state index contributed by atoms with van der Waals surface area (Å²) in [6.45, 7) is 23.9. The highest BCUT2D eigenvalue weighted by Crippen LogP contribution is 2.77. The molecule has 0 bridgehead atoms. The second-order valence-electron chi connectivity index (χ2n) is 20.0. The van der Waals surface area contributed by atoms with Crippen LogP contribution in [0, 0.1) is 62.1 Å². The molecular formula is C44H63NO5. The molecule has 5 fully saturated rings. The summed E-state index contributed by atoms with van der Waals surface area (Å²) in [4.78, 5) is 42.0. The largest absolute Gasteiger partial charge is 0.481 e. The van der Waals surface area contributed by atoms with E-state index in [-0.39, 0.29) is 39.6 Å². The molecule has 5 saturated carbocycles. The maximum Gasteiger partial charge on any atom is 0.309 e. The van der Waals surface area contributed by atoms with Gasteiger partial charge < -0.3 is 14.7 Å². The van der Waals surface area contributed by atoms with Crippen LogP contribution in [0.2, 0.25) is 0 Å². The molecule has 6 nitrogen and oxygen atoms in total. The maximum absolute atomic E-state index is 14.9. The van der Waals surface area contributed by atoms with Gasteiger partial charge in [-0.15, -0.1) is 0 Å². The van der Waals surface area contributed by atoms with Crippen LogP contribution < -0.4 is 0 Å². The van der Waals surface area contributed by atoms with Crippen molar-refractivity contribution in [1.82, 2.24) is 4.90 Å². The molecule has 0 unspecified atom stereocenters. The molecule has 0 aromatic heterocycles. The van der Waals surface area contributed by atoms with Crippen LogP contribution in [0.4, 0.5) is 0 Å². The van der Waals surface area contributed by atoms with Crippen LogP contribution in [-0.2, 0) is 32.2 Å². The zero-order valence-electron chi connectivity index (χ0n) is 32.2.